The van der Waals surface area contributed by atoms with Gasteiger partial charge in [-0.3, -0.25) is 14.4 Å². The van der Waals surface area contributed by atoms with Crippen molar-refractivity contribution in [1.82, 2.24) is 0 Å². The summed E-state index contributed by atoms with van der Waals surface area (Å²) < 4.78 is 5.13. The van der Waals surface area contributed by atoms with E-state index in [-0.39, 0.29) is 24.1 Å². The fraction of sp³-hybridized carbons (Fsp3) is 0.125. The highest BCUT2D eigenvalue weighted by atomic mass is 35.5. The van der Waals surface area contributed by atoms with Crippen LogP contribution in [-0.4, -0.2) is 30.1 Å². The fourth-order valence-corrected chi connectivity index (χ4v) is 4.65. The number of ether oxygens (including phenoxy) is 1. The zero-order chi connectivity index (χ0) is 22.7. The molecule has 1 aliphatic rings. The molecule has 162 valence electrons. The topological polar surface area (TPSA) is 75.7 Å². The number of nitrogens with zero attached hydrogens (tertiary/aromatic N) is 1. The van der Waals surface area contributed by atoms with Crippen LogP contribution >= 0.6 is 23.4 Å². The summed E-state index contributed by atoms with van der Waals surface area (Å²) in [5.74, 6) is -0.252. The number of hydrogen-bond donors (Lipinski definition) is 1. The Hall–Kier alpha value is -3.29. The summed E-state index contributed by atoms with van der Waals surface area (Å²) in [5, 5.41) is 2.79. The Labute approximate surface area is 194 Å². The maximum atomic E-state index is 13.0. The highest BCUT2D eigenvalue weighted by Gasteiger charge is 2.40. The quantitative estimate of drug-likeness (QED) is 0.516. The van der Waals surface area contributed by atoms with Crippen molar-refractivity contribution in [2.45, 2.75) is 16.6 Å². The minimum Gasteiger partial charge on any atom is -0.497 e. The number of carbonyl (C=O) groups is 3. The van der Waals surface area contributed by atoms with Gasteiger partial charge in [0.05, 0.1) is 23.6 Å². The minimum atomic E-state index is -0.617. The van der Waals surface area contributed by atoms with Gasteiger partial charge in [-0.2, -0.15) is 0 Å². The molecule has 1 fully saturated rings. The molecule has 0 spiro atoms. The number of methoxy groups -OCH3 is 1. The first-order valence-electron chi connectivity index (χ1n) is 9.79. The number of thioether (sulfide) groups is 1. The van der Waals surface area contributed by atoms with Gasteiger partial charge in [-0.05, 0) is 60.7 Å². The van der Waals surface area contributed by atoms with Crippen LogP contribution in [0.3, 0.4) is 0 Å². The van der Waals surface area contributed by atoms with Crippen molar-refractivity contribution >= 4 is 52.5 Å². The largest absolute Gasteiger partial charge is 0.497 e. The maximum absolute atomic E-state index is 13.0. The van der Waals surface area contributed by atoms with Crippen LogP contribution in [0, 0.1) is 0 Å². The van der Waals surface area contributed by atoms with Gasteiger partial charge in [0.1, 0.15) is 5.75 Å². The third-order valence-electron chi connectivity index (χ3n) is 4.94. The summed E-state index contributed by atoms with van der Waals surface area (Å²) in [6.07, 6.45) is 0.0582. The smallest absolute Gasteiger partial charge is 0.256 e. The van der Waals surface area contributed by atoms with Gasteiger partial charge in [0.15, 0.2) is 0 Å². The summed E-state index contributed by atoms with van der Waals surface area (Å²) >= 11 is 7.11. The van der Waals surface area contributed by atoms with Gasteiger partial charge < -0.3 is 10.1 Å². The van der Waals surface area contributed by atoms with Gasteiger partial charge in [-0.1, -0.05) is 23.7 Å². The Morgan fingerprint density at radius 2 is 1.72 bits per heavy atom. The van der Waals surface area contributed by atoms with E-state index in [0.717, 1.165) is 0 Å². The highest BCUT2D eigenvalue weighted by Crippen LogP contribution is 2.36. The van der Waals surface area contributed by atoms with Gasteiger partial charge in [0.2, 0.25) is 11.8 Å². The van der Waals surface area contributed by atoms with E-state index in [1.54, 1.807) is 79.9 Å². The van der Waals surface area contributed by atoms with E-state index in [2.05, 4.69) is 5.32 Å². The van der Waals surface area contributed by atoms with E-state index in [9.17, 15) is 14.4 Å². The summed E-state index contributed by atoms with van der Waals surface area (Å²) in [6, 6.07) is 20.6. The van der Waals surface area contributed by atoms with E-state index in [1.807, 2.05) is 0 Å². The molecule has 32 heavy (non-hydrogen) atoms. The van der Waals surface area contributed by atoms with Gasteiger partial charge in [0.25, 0.3) is 5.91 Å². The van der Waals surface area contributed by atoms with Crippen LogP contribution in [-0.2, 0) is 9.59 Å². The second-order valence-electron chi connectivity index (χ2n) is 7.03. The van der Waals surface area contributed by atoms with Crippen LogP contribution in [0.2, 0.25) is 5.02 Å². The number of hydrogen-bond acceptors (Lipinski definition) is 5. The lowest BCUT2D eigenvalue weighted by molar-refractivity contribution is -0.121. The van der Waals surface area contributed by atoms with Crippen LogP contribution in [0.4, 0.5) is 11.4 Å². The van der Waals surface area contributed by atoms with E-state index >= 15 is 0 Å². The lowest BCUT2D eigenvalue weighted by Crippen LogP contribution is -2.31. The molecule has 0 saturated carbocycles. The van der Waals surface area contributed by atoms with Crippen LogP contribution in [0.25, 0.3) is 0 Å². The second kappa shape index (κ2) is 9.46. The van der Waals surface area contributed by atoms with Gasteiger partial charge in [0, 0.05) is 22.0 Å². The number of benzene rings is 3. The second-order valence-corrected chi connectivity index (χ2v) is 8.71. The molecule has 0 bridgehead atoms. The molecule has 0 radical (unpaired) electrons. The lowest BCUT2D eigenvalue weighted by atomic mass is 10.2. The van der Waals surface area contributed by atoms with Crippen molar-refractivity contribution < 1.29 is 19.1 Å². The van der Waals surface area contributed by atoms with Crippen molar-refractivity contribution in [2.75, 3.05) is 17.3 Å². The van der Waals surface area contributed by atoms with Gasteiger partial charge >= 0.3 is 0 Å². The van der Waals surface area contributed by atoms with Crippen LogP contribution < -0.4 is 15.0 Å². The highest BCUT2D eigenvalue weighted by molar-refractivity contribution is 8.00. The molecule has 8 heteroatoms. The predicted octanol–water partition coefficient (Wildman–Crippen LogP) is 5.03. The summed E-state index contributed by atoms with van der Waals surface area (Å²) in [6.45, 7) is 0. The molecule has 1 aliphatic heterocycles. The monoisotopic (exact) mass is 466 g/mol. The first-order chi connectivity index (χ1) is 15.5. The number of anilines is 2. The maximum Gasteiger partial charge on any atom is 0.256 e. The lowest BCUT2D eigenvalue weighted by Gasteiger charge is -2.16. The zero-order valence-electron chi connectivity index (χ0n) is 17.1. The molecule has 1 unspecified atom stereocenters. The van der Waals surface area contributed by atoms with E-state index in [0.29, 0.717) is 32.6 Å². The fourth-order valence-electron chi connectivity index (χ4n) is 3.34. The van der Waals surface area contributed by atoms with Crippen molar-refractivity contribution in [2.24, 2.45) is 0 Å². The Kier molecular flexibility index (Phi) is 6.48. The van der Waals surface area contributed by atoms with Crippen molar-refractivity contribution in [3.63, 3.8) is 0 Å². The van der Waals surface area contributed by atoms with Crippen molar-refractivity contribution in [3.8, 4) is 5.75 Å². The SMILES string of the molecule is COc1ccc(N2C(=O)CC(Sc3ccccc3C(=O)Nc3ccc(Cl)cc3)C2=O)cc1. The third-order valence-corrected chi connectivity index (χ3v) is 6.45. The molecule has 0 aromatic heterocycles. The summed E-state index contributed by atoms with van der Waals surface area (Å²) in [7, 11) is 1.55. The number of amides is 3. The molecule has 1 saturated heterocycles. The average Bonchev–Trinajstić information content (AvgIpc) is 3.08. The molecule has 1 heterocycles. The molecule has 3 aromatic rings. The van der Waals surface area contributed by atoms with Crippen LogP contribution in [0.15, 0.2) is 77.7 Å². The average molecular weight is 467 g/mol. The normalized spacial score (nSPS) is 15.7. The van der Waals surface area contributed by atoms with Crippen molar-refractivity contribution in [3.05, 3.63) is 83.4 Å². The molecule has 6 nitrogen and oxygen atoms in total. The van der Waals surface area contributed by atoms with E-state index in [4.69, 9.17) is 16.3 Å². The van der Waals surface area contributed by atoms with Gasteiger partial charge in [-0.15, -0.1) is 11.8 Å². The molecule has 3 aromatic carbocycles. The number of carbonyl (C=O) groups excluding carboxylic acids is 3. The molecular weight excluding hydrogens is 448 g/mol. The molecule has 1 atom stereocenters. The molecule has 1 N–H and O–H groups in total. The molecule has 3 amide bonds. The number of imide groups is 1. The van der Waals surface area contributed by atoms with Crippen molar-refractivity contribution in [1.29, 1.82) is 0 Å². The zero-order valence-corrected chi connectivity index (χ0v) is 18.7. The molecule has 0 aliphatic carbocycles. The Balaban J connectivity index is 1.52. The van der Waals surface area contributed by atoms with Crippen LogP contribution in [0.1, 0.15) is 16.8 Å². The Morgan fingerprint density at radius 3 is 2.41 bits per heavy atom. The minimum absolute atomic E-state index is 0.0582. The van der Waals surface area contributed by atoms with E-state index in [1.165, 1.54) is 16.7 Å². The third kappa shape index (κ3) is 4.64. The Morgan fingerprint density at radius 1 is 1.03 bits per heavy atom. The molecular formula is C24H19ClN2O4S. The molecule has 4 rings (SSSR count). The number of halogens is 1. The number of rotatable bonds is 6. The summed E-state index contributed by atoms with van der Waals surface area (Å²) in [5.41, 5.74) is 1.53. The first-order valence-corrected chi connectivity index (χ1v) is 11.1. The number of nitrogens with one attached hydrogen (secondary N) is 1. The first kappa shape index (κ1) is 21.9. The Bertz CT molecular complexity index is 1170. The van der Waals surface area contributed by atoms with Gasteiger partial charge in [-0.25, -0.2) is 4.90 Å². The standard InChI is InChI=1S/C24H19ClN2O4S/c1-31-18-12-10-17(11-13-18)27-22(28)14-21(24(27)30)32-20-5-3-2-4-19(20)23(29)26-16-8-6-15(25)7-9-16/h2-13,21H,14H2,1H3,(H,26,29). The van der Waals surface area contributed by atoms with E-state index < -0.39 is 5.25 Å². The van der Waals surface area contributed by atoms with Crippen LogP contribution in [0.5, 0.6) is 5.75 Å². The predicted molar refractivity (Wildman–Crippen MR) is 126 cm³/mol. The summed E-state index contributed by atoms with van der Waals surface area (Å²) in [4.78, 5) is 40.3.